The molecular weight excluding hydrogens is 272 g/mol. The Labute approximate surface area is 124 Å². The highest BCUT2D eigenvalue weighted by atomic mass is 16.5. The van der Waals surface area contributed by atoms with Crippen LogP contribution in [0.2, 0.25) is 0 Å². The number of nitrogen functional groups attached to an aromatic ring is 1. The number of rotatable bonds is 5. The van der Waals surface area contributed by atoms with Gasteiger partial charge in [-0.1, -0.05) is 0 Å². The molecule has 6 heteroatoms. The van der Waals surface area contributed by atoms with Gasteiger partial charge in [0.1, 0.15) is 5.75 Å². The molecule has 0 aliphatic carbocycles. The smallest absolute Gasteiger partial charge is 0.311 e. The molecule has 116 valence electrons. The summed E-state index contributed by atoms with van der Waals surface area (Å²) in [5.74, 6) is -0.862. The summed E-state index contributed by atoms with van der Waals surface area (Å²) in [6.07, 6.45) is 0. The molecule has 1 amide bonds. The summed E-state index contributed by atoms with van der Waals surface area (Å²) in [5.41, 5.74) is 4.29. The highest BCUT2D eigenvalue weighted by molar-refractivity contribution is 6.00. The fraction of sp³-hybridized carbons (Fsp3) is 0.467. The predicted octanol–water partition coefficient (Wildman–Crippen LogP) is 1.90. The number of carbonyl (C=O) groups is 2. The van der Waals surface area contributed by atoms with E-state index in [1.807, 2.05) is 0 Å². The zero-order valence-electron chi connectivity index (χ0n) is 13.0. The van der Waals surface area contributed by atoms with E-state index >= 15 is 0 Å². The molecule has 0 spiro atoms. The molecule has 0 heterocycles. The normalized spacial score (nSPS) is 11.9. The van der Waals surface area contributed by atoms with E-state index in [0.29, 0.717) is 5.75 Å². The van der Waals surface area contributed by atoms with E-state index in [0.717, 1.165) is 0 Å². The van der Waals surface area contributed by atoms with Crippen LogP contribution in [0.4, 0.5) is 5.69 Å². The van der Waals surface area contributed by atoms with Gasteiger partial charge in [0.2, 0.25) is 0 Å². The molecule has 21 heavy (non-hydrogen) atoms. The number of benzene rings is 1. The lowest BCUT2D eigenvalue weighted by atomic mass is 9.74. The molecule has 0 saturated heterocycles. The number of ether oxygens (including phenoxy) is 1. The maximum absolute atomic E-state index is 12.3. The lowest BCUT2D eigenvalue weighted by Gasteiger charge is -2.38. The summed E-state index contributed by atoms with van der Waals surface area (Å²) in [4.78, 5) is 23.7. The fourth-order valence-corrected chi connectivity index (χ4v) is 1.65. The lowest BCUT2D eigenvalue weighted by Crippen LogP contribution is -2.57. The molecule has 0 radical (unpaired) electrons. The van der Waals surface area contributed by atoms with E-state index in [2.05, 4.69) is 5.32 Å². The van der Waals surface area contributed by atoms with Crippen LogP contribution in [0, 0.1) is 5.41 Å². The highest BCUT2D eigenvalue weighted by Crippen LogP contribution is 2.31. The van der Waals surface area contributed by atoms with Crippen molar-refractivity contribution in [3.05, 3.63) is 23.8 Å². The van der Waals surface area contributed by atoms with E-state index in [1.165, 1.54) is 7.11 Å². The Hall–Kier alpha value is -2.24. The van der Waals surface area contributed by atoms with E-state index in [4.69, 9.17) is 10.5 Å². The van der Waals surface area contributed by atoms with Crippen molar-refractivity contribution in [2.45, 2.75) is 33.2 Å². The number of aliphatic carboxylic acids is 1. The third kappa shape index (κ3) is 3.26. The Morgan fingerprint density at radius 3 is 2.24 bits per heavy atom. The van der Waals surface area contributed by atoms with Crippen LogP contribution in [-0.2, 0) is 4.79 Å². The number of amides is 1. The second kappa shape index (κ2) is 5.63. The first-order chi connectivity index (χ1) is 9.52. The maximum Gasteiger partial charge on any atom is 0.311 e. The number of anilines is 1. The van der Waals surface area contributed by atoms with Gasteiger partial charge in [-0.25, -0.2) is 0 Å². The molecule has 6 nitrogen and oxygen atoms in total. The maximum atomic E-state index is 12.3. The van der Waals surface area contributed by atoms with Crippen LogP contribution in [0.3, 0.4) is 0 Å². The number of hydrogen-bond donors (Lipinski definition) is 3. The number of nitrogens with two attached hydrogens (primary N) is 1. The highest BCUT2D eigenvalue weighted by Gasteiger charge is 2.44. The zero-order valence-corrected chi connectivity index (χ0v) is 13.0. The van der Waals surface area contributed by atoms with Gasteiger partial charge < -0.3 is 20.9 Å². The minimum atomic E-state index is -1.14. The SMILES string of the molecule is COc1ccc(C(=O)NC(C)(C)C(C)(C)C(=O)O)c(N)c1. The first-order valence-corrected chi connectivity index (χ1v) is 6.52. The van der Waals surface area contributed by atoms with Gasteiger partial charge in [-0.15, -0.1) is 0 Å². The average Bonchev–Trinajstić information content (AvgIpc) is 2.37. The molecule has 0 bridgehead atoms. The van der Waals surface area contributed by atoms with Crippen LogP contribution in [0.5, 0.6) is 5.75 Å². The van der Waals surface area contributed by atoms with Crippen molar-refractivity contribution in [1.29, 1.82) is 0 Å². The van der Waals surface area contributed by atoms with Gasteiger partial charge >= 0.3 is 5.97 Å². The molecule has 0 unspecified atom stereocenters. The number of hydrogen-bond acceptors (Lipinski definition) is 4. The summed E-state index contributed by atoms with van der Waals surface area (Å²) in [6, 6.07) is 4.72. The number of carboxylic acids is 1. The summed E-state index contributed by atoms with van der Waals surface area (Å²) >= 11 is 0. The van der Waals surface area contributed by atoms with Crippen molar-refractivity contribution in [3.8, 4) is 5.75 Å². The van der Waals surface area contributed by atoms with Gasteiger partial charge in [-0.3, -0.25) is 9.59 Å². The average molecular weight is 294 g/mol. The lowest BCUT2D eigenvalue weighted by molar-refractivity contribution is -0.150. The van der Waals surface area contributed by atoms with Crippen LogP contribution in [-0.4, -0.2) is 29.6 Å². The van der Waals surface area contributed by atoms with E-state index in [-0.39, 0.29) is 11.3 Å². The Morgan fingerprint density at radius 2 is 1.81 bits per heavy atom. The number of nitrogens with one attached hydrogen (secondary N) is 1. The third-order valence-electron chi connectivity index (χ3n) is 4.03. The first-order valence-electron chi connectivity index (χ1n) is 6.52. The van der Waals surface area contributed by atoms with Gasteiger partial charge in [0.15, 0.2) is 0 Å². The van der Waals surface area contributed by atoms with Crippen molar-refractivity contribution >= 4 is 17.6 Å². The van der Waals surface area contributed by atoms with Crippen LogP contribution in [0.25, 0.3) is 0 Å². The number of methoxy groups -OCH3 is 1. The van der Waals surface area contributed by atoms with E-state index in [1.54, 1.807) is 45.9 Å². The molecule has 1 aromatic rings. The minimum absolute atomic E-state index is 0.274. The molecule has 4 N–H and O–H groups in total. The minimum Gasteiger partial charge on any atom is -0.497 e. The quantitative estimate of drug-likeness (QED) is 0.720. The topological polar surface area (TPSA) is 102 Å². The molecule has 0 aliphatic heterocycles. The second-order valence-electron chi connectivity index (χ2n) is 5.96. The van der Waals surface area contributed by atoms with Crippen molar-refractivity contribution in [2.75, 3.05) is 12.8 Å². The largest absolute Gasteiger partial charge is 0.497 e. The molecule has 1 rings (SSSR count). The van der Waals surface area contributed by atoms with Crippen molar-refractivity contribution in [3.63, 3.8) is 0 Å². The van der Waals surface area contributed by atoms with Crippen LogP contribution >= 0.6 is 0 Å². The number of carbonyl (C=O) groups excluding carboxylic acids is 1. The zero-order chi connectivity index (χ0) is 16.4. The number of carboxylic acid groups (broad SMARTS) is 1. The van der Waals surface area contributed by atoms with E-state index < -0.39 is 22.8 Å². The van der Waals surface area contributed by atoms with Gasteiger partial charge in [0.25, 0.3) is 5.91 Å². The van der Waals surface area contributed by atoms with Crippen molar-refractivity contribution in [1.82, 2.24) is 5.32 Å². The standard InChI is InChI=1S/C15H22N2O4/c1-14(2,13(19)20)15(3,4)17-12(18)10-7-6-9(21-5)8-11(10)16/h6-8H,16H2,1-5H3,(H,17,18)(H,19,20). The molecular formula is C15H22N2O4. The predicted molar refractivity (Wildman–Crippen MR) is 80.4 cm³/mol. The van der Waals surface area contributed by atoms with Gasteiger partial charge in [-0.05, 0) is 39.8 Å². The molecule has 0 fully saturated rings. The van der Waals surface area contributed by atoms with Crippen LogP contribution in [0.1, 0.15) is 38.1 Å². The Morgan fingerprint density at radius 1 is 1.24 bits per heavy atom. The Bertz CT molecular complexity index is 565. The monoisotopic (exact) mass is 294 g/mol. The summed E-state index contributed by atoms with van der Waals surface area (Å²) in [6.45, 7) is 6.46. The van der Waals surface area contributed by atoms with Crippen LogP contribution < -0.4 is 15.8 Å². The summed E-state index contributed by atoms with van der Waals surface area (Å²) < 4.78 is 5.03. The first kappa shape index (κ1) is 16.8. The Kier molecular flexibility index (Phi) is 4.51. The molecule has 1 aromatic carbocycles. The molecule has 0 aliphatic rings. The third-order valence-corrected chi connectivity index (χ3v) is 4.03. The second-order valence-corrected chi connectivity index (χ2v) is 5.96. The van der Waals surface area contributed by atoms with Crippen molar-refractivity contribution in [2.24, 2.45) is 5.41 Å². The fourth-order valence-electron chi connectivity index (χ4n) is 1.65. The molecule has 0 saturated carbocycles. The summed E-state index contributed by atoms with van der Waals surface area (Å²) in [7, 11) is 1.51. The molecule has 0 atom stereocenters. The van der Waals surface area contributed by atoms with Gasteiger partial charge in [0, 0.05) is 11.8 Å². The van der Waals surface area contributed by atoms with Crippen molar-refractivity contribution < 1.29 is 19.4 Å². The van der Waals surface area contributed by atoms with Gasteiger partial charge in [0.05, 0.1) is 23.6 Å². The summed E-state index contributed by atoms with van der Waals surface area (Å²) in [5, 5.41) is 12.0. The van der Waals surface area contributed by atoms with Gasteiger partial charge in [-0.2, -0.15) is 0 Å². The van der Waals surface area contributed by atoms with Crippen LogP contribution in [0.15, 0.2) is 18.2 Å². The Balaban J connectivity index is 3.03. The molecule has 0 aromatic heterocycles. The van der Waals surface area contributed by atoms with E-state index in [9.17, 15) is 14.7 Å².